The van der Waals surface area contributed by atoms with Crippen LogP contribution in [0.15, 0.2) is 28.6 Å². The number of imide groups is 1. The molecule has 0 radical (unpaired) electrons. The molecule has 2 atom stereocenters. The zero-order valence-corrected chi connectivity index (χ0v) is 13.9. The Morgan fingerprint density at radius 2 is 1.96 bits per heavy atom. The maximum Gasteiger partial charge on any atom is 0.355 e. The fraction of sp³-hybridized carbons (Fsp3) is 0.375. The molecule has 0 saturated carbocycles. The molecule has 1 aromatic carbocycles. The Balaban J connectivity index is 2.02. The minimum Gasteiger partial charge on any atom is -0.461 e. The molecule has 0 aromatic heterocycles. The molecule has 2 aliphatic heterocycles. The van der Waals surface area contributed by atoms with E-state index in [0.717, 1.165) is 16.0 Å². The van der Waals surface area contributed by atoms with Crippen molar-refractivity contribution in [1.82, 2.24) is 5.12 Å². The third-order valence-electron chi connectivity index (χ3n) is 4.35. The lowest BCUT2D eigenvalue weighted by Gasteiger charge is -2.17. The van der Waals surface area contributed by atoms with Crippen LogP contribution < -0.4 is 4.90 Å². The van der Waals surface area contributed by atoms with Crippen LogP contribution in [0.25, 0.3) is 0 Å². The van der Waals surface area contributed by atoms with Crippen molar-refractivity contribution in [3.05, 3.63) is 34.2 Å². The molecule has 2 aliphatic rings. The summed E-state index contributed by atoms with van der Waals surface area (Å²) in [4.78, 5) is 49.6. The van der Waals surface area contributed by atoms with Crippen LogP contribution in [0.5, 0.6) is 0 Å². The summed E-state index contributed by atoms with van der Waals surface area (Å²) in [6, 6.07) is 3.87. The summed E-state index contributed by atoms with van der Waals surface area (Å²) in [6.07, 6.45) is 0. The van der Waals surface area contributed by atoms with Crippen molar-refractivity contribution in [2.45, 2.75) is 26.8 Å². The molecule has 0 bridgehead atoms. The van der Waals surface area contributed by atoms with E-state index in [1.165, 1.54) is 0 Å². The van der Waals surface area contributed by atoms with Crippen molar-refractivity contribution < 1.29 is 19.1 Å². The van der Waals surface area contributed by atoms with Crippen molar-refractivity contribution in [3.8, 4) is 0 Å². The molecule has 3 rings (SSSR count). The summed E-state index contributed by atoms with van der Waals surface area (Å²) in [7, 11) is 0. The molecule has 2 amide bonds. The van der Waals surface area contributed by atoms with Crippen LogP contribution in [0.3, 0.4) is 0 Å². The minimum atomic E-state index is -1.26. The van der Waals surface area contributed by atoms with Gasteiger partial charge in [0.25, 0.3) is 5.91 Å². The van der Waals surface area contributed by atoms with Gasteiger partial charge < -0.3 is 4.74 Å². The predicted molar refractivity (Wildman–Crippen MR) is 87.4 cm³/mol. The van der Waals surface area contributed by atoms with E-state index in [9.17, 15) is 19.3 Å². The summed E-state index contributed by atoms with van der Waals surface area (Å²) in [6.45, 7) is 5.44. The van der Waals surface area contributed by atoms with E-state index in [2.05, 4.69) is 10.4 Å². The summed E-state index contributed by atoms with van der Waals surface area (Å²) >= 11 is 0. The maximum atomic E-state index is 12.8. The Morgan fingerprint density at radius 3 is 2.56 bits per heavy atom. The van der Waals surface area contributed by atoms with E-state index in [0.29, 0.717) is 10.8 Å². The molecule has 9 heteroatoms. The number of carbonyl (C=O) groups is 3. The second-order valence-electron chi connectivity index (χ2n) is 5.81. The van der Waals surface area contributed by atoms with Gasteiger partial charge in [0.2, 0.25) is 5.91 Å². The number of benzene rings is 1. The molecule has 0 spiro atoms. The van der Waals surface area contributed by atoms with Crippen LogP contribution in [0, 0.1) is 24.7 Å². The molecule has 9 nitrogen and oxygen atoms in total. The predicted octanol–water partition coefficient (Wildman–Crippen LogP) is 1.08. The van der Waals surface area contributed by atoms with Gasteiger partial charge in [-0.05, 0) is 44.0 Å². The second-order valence-corrected chi connectivity index (χ2v) is 5.81. The topological polar surface area (TPSA) is 109 Å². The molecular weight excluding hydrogens is 328 g/mol. The molecule has 1 aromatic rings. The van der Waals surface area contributed by atoms with Crippen LogP contribution in [-0.4, -0.2) is 41.3 Å². The number of hydrogen-bond acceptors (Lipinski definition) is 7. The number of nitroso groups, excluding NO2 is 1. The highest BCUT2D eigenvalue weighted by Gasteiger charge is 2.59. The summed E-state index contributed by atoms with van der Waals surface area (Å²) in [5.74, 6) is -3.32. The molecule has 130 valence electrons. The molecule has 25 heavy (non-hydrogen) atoms. The van der Waals surface area contributed by atoms with E-state index >= 15 is 0 Å². The SMILES string of the molecule is CCOC(=O)C1=NN(N=O)C2C(=O)N(c3ccc(C)c(C)c3)C(=O)C12. The Labute approximate surface area is 143 Å². The highest BCUT2D eigenvalue weighted by atomic mass is 16.5. The van der Waals surface area contributed by atoms with Crippen molar-refractivity contribution in [2.24, 2.45) is 16.3 Å². The fourth-order valence-corrected chi connectivity index (χ4v) is 2.95. The minimum absolute atomic E-state index is 0.0762. The first-order chi connectivity index (χ1) is 11.9. The molecule has 1 saturated heterocycles. The molecule has 2 unspecified atom stereocenters. The largest absolute Gasteiger partial charge is 0.461 e. The highest BCUT2D eigenvalue weighted by Crippen LogP contribution is 2.36. The highest BCUT2D eigenvalue weighted by molar-refractivity contribution is 6.46. The van der Waals surface area contributed by atoms with Gasteiger partial charge in [-0.1, -0.05) is 6.07 Å². The van der Waals surface area contributed by atoms with Gasteiger partial charge in [-0.2, -0.15) is 0 Å². The van der Waals surface area contributed by atoms with Crippen LogP contribution in [-0.2, 0) is 19.1 Å². The first-order valence-corrected chi connectivity index (χ1v) is 7.73. The quantitative estimate of drug-likeness (QED) is 0.459. The lowest BCUT2D eigenvalue weighted by Crippen LogP contribution is -2.36. The van der Waals surface area contributed by atoms with Gasteiger partial charge >= 0.3 is 5.97 Å². The molecule has 0 aliphatic carbocycles. The lowest BCUT2D eigenvalue weighted by molar-refractivity contribution is -0.136. The van der Waals surface area contributed by atoms with Gasteiger partial charge in [-0.25, -0.2) is 9.69 Å². The lowest BCUT2D eigenvalue weighted by atomic mass is 9.98. The Bertz CT molecular complexity index is 819. The van der Waals surface area contributed by atoms with Crippen molar-refractivity contribution in [1.29, 1.82) is 0 Å². The molecular formula is C16H16N4O5. The van der Waals surface area contributed by atoms with E-state index in [4.69, 9.17) is 4.74 Å². The van der Waals surface area contributed by atoms with Gasteiger partial charge in [-0.15, -0.1) is 15.1 Å². The Morgan fingerprint density at radius 1 is 1.24 bits per heavy atom. The van der Waals surface area contributed by atoms with Gasteiger partial charge in [0.1, 0.15) is 5.92 Å². The van der Waals surface area contributed by atoms with Crippen LogP contribution >= 0.6 is 0 Å². The number of hydrazone groups is 1. The van der Waals surface area contributed by atoms with E-state index in [1.54, 1.807) is 25.1 Å². The normalized spacial score (nSPS) is 22.1. The maximum absolute atomic E-state index is 12.8. The summed E-state index contributed by atoms with van der Waals surface area (Å²) in [5, 5.41) is 6.92. The number of fused-ring (bicyclic) bond motifs is 1. The number of hydrogen-bond donors (Lipinski definition) is 0. The first-order valence-electron chi connectivity index (χ1n) is 7.73. The number of anilines is 1. The number of aryl methyl sites for hydroxylation is 2. The number of carbonyl (C=O) groups excluding carboxylic acids is 3. The monoisotopic (exact) mass is 344 g/mol. The van der Waals surface area contributed by atoms with Crippen LogP contribution in [0.2, 0.25) is 0 Å². The van der Waals surface area contributed by atoms with Gasteiger partial charge in [0.15, 0.2) is 11.8 Å². The van der Waals surface area contributed by atoms with E-state index < -0.39 is 29.7 Å². The van der Waals surface area contributed by atoms with Crippen LogP contribution in [0.4, 0.5) is 5.69 Å². The smallest absolute Gasteiger partial charge is 0.355 e. The molecule has 0 N–H and O–H groups in total. The molecule has 1 fully saturated rings. The number of amides is 2. The average Bonchev–Trinajstić information content (AvgIpc) is 3.08. The number of rotatable bonds is 4. The van der Waals surface area contributed by atoms with Gasteiger partial charge in [-0.3, -0.25) is 9.59 Å². The van der Waals surface area contributed by atoms with Crippen LogP contribution in [0.1, 0.15) is 18.1 Å². The van der Waals surface area contributed by atoms with Crippen molar-refractivity contribution in [3.63, 3.8) is 0 Å². The van der Waals surface area contributed by atoms with E-state index in [1.807, 2.05) is 13.8 Å². The Kier molecular flexibility index (Phi) is 4.07. The number of ether oxygens (including phenoxy) is 1. The standard InChI is InChI=1S/C16H16N4O5/c1-4-25-16(23)12-11-13(20(17-12)18-24)15(22)19(14(11)21)10-6-5-8(2)9(3)7-10/h5-7,11,13H,4H2,1-3H3. The fourth-order valence-electron chi connectivity index (χ4n) is 2.95. The summed E-state index contributed by atoms with van der Waals surface area (Å²) < 4.78 is 4.86. The Hall–Kier alpha value is -3.10. The zero-order chi connectivity index (χ0) is 18.3. The second kappa shape index (κ2) is 6.08. The third-order valence-corrected chi connectivity index (χ3v) is 4.35. The first kappa shape index (κ1) is 16.7. The van der Waals surface area contributed by atoms with Gasteiger partial charge in [0.05, 0.1) is 17.6 Å². The van der Waals surface area contributed by atoms with Gasteiger partial charge in [0, 0.05) is 0 Å². The zero-order valence-electron chi connectivity index (χ0n) is 13.9. The average molecular weight is 344 g/mol. The number of esters is 1. The van der Waals surface area contributed by atoms with Crippen molar-refractivity contribution in [2.75, 3.05) is 11.5 Å². The molecule has 2 heterocycles. The van der Waals surface area contributed by atoms with Crippen molar-refractivity contribution >= 4 is 29.2 Å². The summed E-state index contributed by atoms with van der Waals surface area (Å²) in [5.41, 5.74) is 2.01. The third kappa shape index (κ3) is 2.48. The van der Waals surface area contributed by atoms with E-state index in [-0.39, 0.29) is 12.3 Å². The number of nitrogens with zero attached hydrogens (tertiary/aromatic N) is 4.